The van der Waals surface area contributed by atoms with Crippen molar-refractivity contribution in [1.82, 2.24) is 25.3 Å². The SMILES string of the molecule is CCN1CCN([C@H](c2cccs2)[C@H](C)NC(=O)C(=O)NCCN2CCOCC2)CC1. The van der Waals surface area contributed by atoms with Gasteiger partial charge in [-0.1, -0.05) is 13.0 Å². The molecular weight excluding hydrogens is 402 g/mol. The molecule has 2 atom stereocenters. The average molecular weight is 438 g/mol. The van der Waals surface area contributed by atoms with Gasteiger partial charge in [0.05, 0.1) is 19.3 Å². The van der Waals surface area contributed by atoms with Gasteiger partial charge in [-0.05, 0) is 24.9 Å². The monoisotopic (exact) mass is 437 g/mol. The fraction of sp³-hybridized carbons (Fsp3) is 0.714. The highest BCUT2D eigenvalue weighted by molar-refractivity contribution is 7.10. The summed E-state index contributed by atoms with van der Waals surface area (Å²) in [4.78, 5) is 33.1. The maximum Gasteiger partial charge on any atom is 0.309 e. The molecule has 3 rings (SSSR count). The van der Waals surface area contributed by atoms with E-state index in [9.17, 15) is 9.59 Å². The van der Waals surface area contributed by atoms with E-state index in [0.717, 1.165) is 65.6 Å². The number of amides is 2. The molecule has 2 aliphatic heterocycles. The summed E-state index contributed by atoms with van der Waals surface area (Å²) in [7, 11) is 0. The van der Waals surface area contributed by atoms with Crippen LogP contribution in [0.25, 0.3) is 0 Å². The van der Waals surface area contributed by atoms with Crippen molar-refractivity contribution in [2.45, 2.75) is 25.9 Å². The first kappa shape index (κ1) is 23.1. The number of likely N-dealkylation sites (N-methyl/N-ethyl adjacent to an activating group) is 1. The van der Waals surface area contributed by atoms with Gasteiger partial charge in [0, 0.05) is 63.3 Å². The van der Waals surface area contributed by atoms with Gasteiger partial charge in [0.25, 0.3) is 0 Å². The molecule has 0 spiro atoms. The van der Waals surface area contributed by atoms with Gasteiger partial charge in [0.15, 0.2) is 0 Å². The number of ether oxygens (including phenoxy) is 1. The fourth-order valence-corrected chi connectivity index (χ4v) is 5.11. The second-order valence-corrected chi connectivity index (χ2v) is 8.88. The average Bonchev–Trinajstić information content (AvgIpc) is 3.29. The van der Waals surface area contributed by atoms with Crippen LogP contribution in [0.1, 0.15) is 24.8 Å². The van der Waals surface area contributed by atoms with Crippen molar-refractivity contribution in [3.05, 3.63) is 22.4 Å². The van der Waals surface area contributed by atoms with Crippen molar-refractivity contribution in [3.63, 3.8) is 0 Å². The summed E-state index contributed by atoms with van der Waals surface area (Å²) in [5, 5.41) is 7.76. The topological polar surface area (TPSA) is 77.1 Å². The molecule has 0 bridgehead atoms. The lowest BCUT2D eigenvalue weighted by Gasteiger charge is -2.41. The zero-order chi connectivity index (χ0) is 21.3. The Balaban J connectivity index is 1.50. The maximum absolute atomic E-state index is 12.5. The lowest BCUT2D eigenvalue weighted by molar-refractivity contribution is -0.139. The molecule has 1 aromatic rings. The van der Waals surface area contributed by atoms with Crippen LogP contribution in [0.3, 0.4) is 0 Å². The molecule has 0 aromatic carbocycles. The normalized spacial score (nSPS) is 21.1. The third-order valence-electron chi connectivity index (χ3n) is 5.94. The van der Waals surface area contributed by atoms with Crippen molar-refractivity contribution < 1.29 is 14.3 Å². The summed E-state index contributed by atoms with van der Waals surface area (Å²) in [6.07, 6.45) is 0. The van der Waals surface area contributed by atoms with E-state index in [1.54, 1.807) is 11.3 Å². The smallest absolute Gasteiger partial charge is 0.309 e. The molecule has 9 heteroatoms. The third kappa shape index (κ3) is 6.49. The molecule has 1 aromatic heterocycles. The highest BCUT2D eigenvalue weighted by Gasteiger charge is 2.31. The van der Waals surface area contributed by atoms with Gasteiger partial charge < -0.3 is 20.3 Å². The number of rotatable bonds is 8. The van der Waals surface area contributed by atoms with Crippen molar-refractivity contribution in [2.75, 3.05) is 72.1 Å². The number of nitrogens with zero attached hydrogens (tertiary/aromatic N) is 3. The van der Waals surface area contributed by atoms with Gasteiger partial charge in [0.1, 0.15) is 0 Å². The quantitative estimate of drug-likeness (QED) is 0.573. The molecule has 2 amide bonds. The Kier molecular flexibility index (Phi) is 9.07. The van der Waals surface area contributed by atoms with Crippen LogP contribution in [0.2, 0.25) is 0 Å². The van der Waals surface area contributed by atoms with Crippen LogP contribution in [-0.2, 0) is 14.3 Å². The van der Waals surface area contributed by atoms with Crippen LogP contribution in [0, 0.1) is 0 Å². The standard InChI is InChI=1S/C21H35N5O3S/c1-3-24-8-10-26(11-9-24)19(18-5-4-16-30-18)17(2)23-21(28)20(27)22-6-7-25-12-14-29-15-13-25/h4-5,16-17,19H,3,6-15H2,1-2H3,(H,22,27)(H,23,28)/t17-,19-/m0/s1. The number of hydrogen-bond donors (Lipinski definition) is 2. The Bertz CT molecular complexity index is 658. The largest absolute Gasteiger partial charge is 0.379 e. The van der Waals surface area contributed by atoms with E-state index in [2.05, 4.69) is 43.7 Å². The van der Waals surface area contributed by atoms with Crippen LogP contribution in [-0.4, -0.2) is 105 Å². The lowest BCUT2D eigenvalue weighted by Crippen LogP contribution is -2.53. The van der Waals surface area contributed by atoms with Crippen molar-refractivity contribution in [1.29, 1.82) is 0 Å². The zero-order valence-electron chi connectivity index (χ0n) is 18.1. The van der Waals surface area contributed by atoms with E-state index >= 15 is 0 Å². The Morgan fingerprint density at radius 1 is 1.10 bits per heavy atom. The molecule has 3 heterocycles. The Hall–Kier alpha value is -1.52. The first-order valence-corrected chi connectivity index (χ1v) is 11.8. The number of nitrogens with one attached hydrogen (secondary N) is 2. The molecule has 2 aliphatic rings. The van der Waals surface area contributed by atoms with Crippen LogP contribution in [0.15, 0.2) is 17.5 Å². The highest BCUT2D eigenvalue weighted by Crippen LogP contribution is 2.29. The first-order chi connectivity index (χ1) is 14.6. The molecule has 0 radical (unpaired) electrons. The highest BCUT2D eigenvalue weighted by atomic mass is 32.1. The van der Waals surface area contributed by atoms with Crippen LogP contribution in [0.5, 0.6) is 0 Å². The van der Waals surface area contributed by atoms with Gasteiger partial charge in [0.2, 0.25) is 0 Å². The van der Waals surface area contributed by atoms with Gasteiger partial charge in [-0.2, -0.15) is 0 Å². The van der Waals surface area contributed by atoms with Gasteiger partial charge in [-0.15, -0.1) is 11.3 Å². The minimum atomic E-state index is -0.559. The van der Waals surface area contributed by atoms with Crippen LogP contribution in [0.4, 0.5) is 0 Å². The van der Waals surface area contributed by atoms with E-state index in [1.165, 1.54) is 4.88 Å². The molecule has 0 unspecified atom stereocenters. The lowest BCUT2D eigenvalue weighted by atomic mass is 10.0. The van der Waals surface area contributed by atoms with Crippen LogP contribution >= 0.6 is 11.3 Å². The Morgan fingerprint density at radius 3 is 2.47 bits per heavy atom. The first-order valence-electron chi connectivity index (χ1n) is 11.0. The second-order valence-electron chi connectivity index (χ2n) is 7.90. The summed E-state index contributed by atoms with van der Waals surface area (Å²) in [6.45, 7) is 13.6. The molecular formula is C21H35N5O3S. The van der Waals surface area contributed by atoms with Crippen molar-refractivity contribution >= 4 is 23.2 Å². The number of piperazine rings is 1. The fourth-order valence-electron chi connectivity index (χ4n) is 4.14. The van der Waals surface area contributed by atoms with Crippen LogP contribution < -0.4 is 10.6 Å². The number of carbonyl (C=O) groups excluding carboxylic acids is 2. The molecule has 2 fully saturated rings. The summed E-state index contributed by atoms with van der Waals surface area (Å²) >= 11 is 1.70. The van der Waals surface area contributed by atoms with Gasteiger partial charge in [-0.25, -0.2) is 0 Å². The molecule has 168 valence electrons. The Morgan fingerprint density at radius 2 is 1.83 bits per heavy atom. The molecule has 0 saturated carbocycles. The second kappa shape index (κ2) is 11.8. The van der Waals surface area contributed by atoms with Crippen molar-refractivity contribution in [3.8, 4) is 0 Å². The molecule has 8 nitrogen and oxygen atoms in total. The molecule has 2 N–H and O–H groups in total. The number of carbonyl (C=O) groups is 2. The number of morpholine rings is 1. The summed E-state index contributed by atoms with van der Waals surface area (Å²) < 4.78 is 5.33. The Labute approximate surface area is 183 Å². The molecule has 30 heavy (non-hydrogen) atoms. The molecule has 0 aliphatic carbocycles. The van der Waals surface area contributed by atoms with E-state index in [0.29, 0.717) is 6.54 Å². The molecule has 2 saturated heterocycles. The summed E-state index contributed by atoms with van der Waals surface area (Å²) in [5.41, 5.74) is 0. The predicted octanol–water partition coefficient (Wildman–Crippen LogP) is 0.380. The minimum Gasteiger partial charge on any atom is -0.379 e. The van der Waals surface area contributed by atoms with E-state index in [-0.39, 0.29) is 12.1 Å². The third-order valence-corrected chi connectivity index (χ3v) is 6.88. The maximum atomic E-state index is 12.5. The number of thiophene rings is 1. The minimum absolute atomic E-state index is 0.0779. The van der Waals surface area contributed by atoms with Crippen molar-refractivity contribution in [2.24, 2.45) is 0 Å². The summed E-state index contributed by atoms with van der Waals surface area (Å²) in [5.74, 6) is -1.12. The summed E-state index contributed by atoms with van der Waals surface area (Å²) in [6, 6.07) is 4.08. The zero-order valence-corrected chi connectivity index (χ0v) is 19.0. The van der Waals surface area contributed by atoms with E-state index < -0.39 is 11.8 Å². The van der Waals surface area contributed by atoms with E-state index in [1.807, 2.05) is 13.0 Å². The van der Waals surface area contributed by atoms with Gasteiger partial charge in [-0.3, -0.25) is 19.4 Å². The number of hydrogen-bond acceptors (Lipinski definition) is 7. The predicted molar refractivity (Wildman–Crippen MR) is 119 cm³/mol. The van der Waals surface area contributed by atoms with E-state index in [4.69, 9.17) is 4.74 Å². The van der Waals surface area contributed by atoms with Gasteiger partial charge >= 0.3 is 11.8 Å².